The highest BCUT2D eigenvalue weighted by atomic mass is 19.4. The van der Waals surface area contributed by atoms with Crippen molar-refractivity contribution in [1.82, 2.24) is 0 Å². The van der Waals surface area contributed by atoms with E-state index in [0.29, 0.717) is 26.7 Å². The predicted octanol–water partition coefficient (Wildman–Crippen LogP) is 4.92. The van der Waals surface area contributed by atoms with Crippen molar-refractivity contribution < 1.29 is 69.6 Å². The van der Waals surface area contributed by atoms with Crippen LogP contribution < -0.4 is 0 Å². The first-order valence-electron chi connectivity index (χ1n) is 13.8. The lowest BCUT2D eigenvalue weighted by atomic mass is 9.78. The summed E-state index contributed by atoms with van der Waals surface area (Å²) in [5.74, 6) is -3.55. The van der Waals surface area contributed by atoms with E-state index in [1.54, 1.807) is 0 Å². The summed E-state index contributed by atoms with van der Waals surface area (Å²) in [5.41, 5.74) is -10.3. The number of carbonyl (C=O) groups excluding carboxylic acids is 4. The number of methoxy groups -OCH3 is 1. The number of alkyl halides is 6. The van der Waals surface area contributed by atoms with Crippen LogP contribution in [-0.4, -0.2) is 71.9 Å². The van der Waals surface area contributed by atoms with Crippen LogP contribution in [0.25, 0.3) is 0 Å². The lowest BCUT2D eigenvalue weighted by molar-refractivity contribution is -0.408. The van der Waals surface area contributed by atoms with E-state index in [9.17, 15) is 50.6 Å². The van der Waals surface area contributed by atoms with Crippen molar-refractivity contribution in [2.45, 2.75) is 110 Å². The zero-order valence-electron chi connectivity index (χ0n) is 25.6. The highest BCUT2D eigenvalue weighted by Crippen LogP contribution is 2.59. The minimum atomic E-state index is -6.06. The van der Waals surface area contributed by atoms with Gasteiger partial charge in [-0.1, -0.05) is 13.8 Å². The number of rotatable bonds is 8. The van der Waals surface area contributed by atoms with Crippen LogP contribution in [0.15, 0.2) is 0 Å². The standard InChI is InChI=1S/C16H22O6.C12H18F6O3/c1-5-16(2,3)15(19)22-12-7-6-8-10(9(7)13(17)20-4)14(18)21-11(8)12;1-6-8(2,3)7(19)21-9(4,5)10(20,11(13,14)15)12(16,17)18/h7-12H,5-6H2,1-4H3;20H,6H2,1-5H3. The zero-order valence-corrected chi connectivity index (χ0v) is 25.6. The first kappa shape index (κ1) is 36.6. The molecule has 2 bridgehead atoms. The Morgan fingerprint density at radius 2 is 1.33 bits per heavy atom. The van der Waals surface area contributed by atoms with Crippen molar-refractivity contribution >= 4 is 23.9 Å². The molecule has 2 aliphatic carbocycles. The van der Waals surface area contributed by atoms with Gasteiger partial charge in [-0.3, -0.25) is 19.2 Å². The zero-order chi connectivity index (χ0) is 33.7. The van der Waals surface area contributed by atoms with Gasteiger partial charge in [0, 0.05) is 11.8 Å². The molecule has 1 aliphatic heterocycles. The maximum Gasteiger partial charge on any atom is 0.430 e. The van der Waals surface area contributed by atoms with E-state index in [0.717, 1.165) is 0 Å². The van der Waals surface area contributed by atoms with E-state index >= 15 is 0 Å². The number of esters is 4. The van der Waals surface area contributed by atoms with E-state index < -0.39 is 70.4 Å². The third-order valence-corrected chi connectivity index (χ3v) is 9.18. The summed E-state index contributed by atoms with van der Waals surface area (Å²) in [4.78, 5) is 48.2. The fraction of sp³-hybridized carbons (Fsp3) is 0.857. The average molecular weight is 635 g/mol. The molecular weight excluding hydrogens is 594 g/mol. The van der Waals surface area contributed by atoms with E-state index in [1.807, 2.05) is 20.8 Å². The molecule has 0 aromatic heterocycles. The van der Waals surface area contributed by atoms with Gasteiger partial charge in [-0.2, -0.15) is 26.3 Å². The van der Waals surface area contributed by atoms with Gasteiger partial charge in [0.15, 0.2) is 5.60 Å². The first-order chi connectivity index (χ1) is 19.3. The summed E-state index contributed by atoms with van der Waals surface area (Å²) in [6, 6.07) is 0. The molecule has 0 amide bonds. The number of fused-ring (bicyclic) bond motifs is 1. The fourth-order valence-electron chi connectivity index (χ4n) is 5.46. The molecule has 248 valence electrons. The van der Waals surface area contributed by atoms with Crippen LogP contribution in [-0.2, 0) is 38.1 Å². The highest BCUT2D eigenvalue weighted by Gasteiger charge is 2.79. The Hall–Kier alpha value is -2.58. The normalized spacial score (nSPS) is 27.2. The summed E-state index contributed by atoms with van der Waals surface area (Å²) in [6.07, 6.45) is -11.6. The van der Waals surface area contributed by atoms with Crippen LogP contribution in [0.4, 0.5) is 26.3 Å². The molecular formula is C28H40F6O9. The Kier molecular flexibility index (Phi) is 9.99. The number of ether oxygens (including phenoxy) is 4. The predicted molar refractivity (Wildman–Crippen MR) is 136 cm³/mol. The van der Waals surface area contributed by atoms with Gasteiger partial charge in [0.1, 0.15) is 12.2 Å². The Bertz CT molecular complexity index is 1080. The van der Waals surface area contributed by atoms with E-state index in [2.05, 4.69) is 4.74 Å². The molecule has 6 unspecified atom stereocenters. The van der Waals surface area contributed by atoms with E-state index in [1.165, 1.54) is 27.9 Å². The molecule has 2 saturated carbocycles. The van der Waals surface area contributed by atoms with Crippen molar-refractivity contribution in [2.75, 3.05) is 7.11 Å². The molecule has 1 heterocycles. The van der Waals surface area contributed by atoms with Gasteiger partial charge in [0.05, 0.1) is 29.8 Å². The highest BCUT2D eigenvalue weighted by molar-refractivity contribution is 5.86. The molecule has 3 rings (SSSR count). The van der Waals surface area contributed by atoms with Crippen LogP contribution in [0.2, 0.25) is 0 Å². The van der Waals surface area contributed by atoms with Crippen LogP contribution in [0.5, 0.6) is 0 Å². The number of hydrogen-bond donors (Lipinski definition) is 1. The molecule has 3 aliphatic rings. The van der Waals surface area contributed by atoms with Gasteiger partial charge in [0.25, 0.3) is 5.60 Å². The van der Waals surface area contributed by atoms with Crippen LogP contribution in [0.3, 0.4) is 0 Å². The second kappa shape index (κ2) is 11.7. The van der Waals surface area contributed by atoms with E-state index in [-0.39, 0.29) is 30.2 Å². The minimum absolute atomic E-state index is 0.0378. The van der Waals surface area contributed by atoms with Gasteiger partial charge in [-0.25, -0.2) is 0 Å². The number of carbonyl (C=O) groups is 4. The monoisotopic (exact) mass is 634 g/mol. The van der Waals surface area contributed by atoms with Crippen molar-refractivity contribution in [3.8, 4) is 0 Å². The SMILES string of the molecule is CCC(C)(C)C(=O)OC(C)(C)C(O)(C(F)(F)F)C(F)(F)F.CCC(C)(C)C(=O)OC1C2CC3C1OC(=O)C3C2C(=O)OC. The van der Waals surface area contributed by atoms with Crippen molar-refractivity contribution in [1.29, 1.82) is 0 Å². The summed E-state index contributed by atoms with van der Waals surface area (Å²) in [5, 5.41) is 9.27. The Labute approximate surface area is 245 Å². The molecule has 1 saturated heterocycles. The maximum absolute atomic E-state index is 12.8. The Balaban J connectivity index is 0.000000301. The third kappa shape index (κ3) is 6.32. The van der Waals surface area contributed by atoms with Gasteiger partial charge < -0.3 is 24.1 Å². The van der Waals surface area contributed by atoms with Crippen LogP contribution >= 0.6 is 0 Å². The summed E-state index contributed by atoms with van der Waals surface area (Å²) in [6.45, 7) is 10.5. The molecule has 0 aromatic rings. The van der Waals surface area contributed by atoms with Gasteiger partial charge in [0.2, 0.25) is 0 Å². The fourth-order valence-corrected chi connectivity index (χ4v) is 5.46. The molecule has 3 fully saturated rings. The quantitative estimate of drug-likeness (QED) is 0.225. The van der Waals surface area contributed by atoms with Crippen molar-refractivity contribution in [3.05, 3.63) is 0 Å². The summed E-state index contributed by atoms with van der Waals surface area (Å²) in [7, 11) is 1.31. The minimum Gasteiger partial charge on any atom is -0.469 e. The lowest BCUT2D eigenvalue weighted by Gasteiger charge is -2.44. The smallest absolute Gasteiger partial charge is 0.430 e. The van der Waals surface area contributed by atoms with Crippen molar-refractivity contribution in [2.24, 2.45) is 34.5 Å². The largest absolute Gasteiger partial charge is 0.469 e. The Morgan fingerprint density at radius 3 is 1.74 bits per heavy atom. The molecule has 15 heteroatoms. The topological polar surface area (TPSA) is 125 Å². The number of aliphatic hydroxyl groups is 1. The maximum atomic E-state index is 12.8. The molecule has 6 atom stereocenters. The molecule has 1 N–H and O–H groups in total. The molecule has 0 spiro atoms. The first-order valence-corrected chi connectivity index (χ1v) is 13.8. The van der Waals surface area contributed by atoms with Crippen LogP contribution in [0, 0.1) is 34.5 Å². The average Bonchev–Trinajstić information content (AvgIpc) is 3.50. The van der Waals surface area contributed by atoms with Crippen molar-refractivity contribution in [3.63, 3.8) is 0 Å². The summed E-state index contributed by atoms with van der Waals surface area (Å²) < 4.78 is 96.9. The van der Waals surface area contributed by atoms with Gasteiger partial charge in [-0.05, 0) is 60.8 Å². The Morgan fingerprint density at radius 1 is 0.860 bits per heavy atom. The summed E-state index contributed by atoms with van der Waals surface area (Å²) >= 11 is 0. The second-order valence-corrected chi connectivity index (χ2v) is 13.0. The molecule has 43 heavy (non-hydrogen) atoms. The molecule has 0 radical (unpaired) electrons. The second-order valence-electron chi connectivity index (χ2n) is 13.0. The van der Waals surface area contributed by atoms with Gasteiger partial charge in [-0.15, -0.1) is 0 Å². The molecule has 0 aromatic carbocycles. The molecule has 9 nitrogen and oxygen atoms in total. The number of hydrogen-bond acceptors (Lipinski definition) is 9. The van der Waals surface area contributed by atoms with E-state index in [4.69, 9.17) is 14.2 Å². The van der Waals surface area contributed by atoms with Gasteiger partial charge >= 0.3 is 36.2 Å². The lowest BCUT2D eigenvalue weighted by Crippen LogP contribution is -2.70. The number of halogens is 6. The van der Waals surface area contributed by atoms with Crippen LogP contribution in [0.1, 0.15) is 74.7 Å². The third-order valence-electron chi connectivity index (χ3n) is 9.18.